The first kappa shape index (κ1) is 18.4. The Hall–Kier alpha value is -3.41. The Labute approximate surface area is 158 Å². The minimum atomic E-state index is -0.244. The second-order valence-corrected chi connectivity index (χ2v) is 6.25. The molecule has 27 heavy (non-hydrogen) atoms. The van der Waals surface area contributed by atoms with E-state index >= 15 is 0 Å². The molecule has 0 atom stereocenters. The number of amides is 2. The van der Waals surface area contributed by atoms with Crippen LogP contribution in [0.3, 0.4) is 0 Å². The van der Waals surface area contributed by atoms with Gasteiger partial charge in [0.15, 0.2) is 0 Å². The van der Waals surface area contributed by atoms with Gasteiger partial charge in [0.2, 0.25) is 5.91 Å². The largest absolute Gasteiger partial charge is 0.326 e. The number of carbonyl (C=O) groups is 2. The molecule has 0 aliphatic heterocycles. The molecule has 6 heteroatoms. The smallest absolute Gasteiger partial charge is 0.258 e. The molecule has 0 unspecified atom stereocenters. The molecular weight excluding hydrogens is 340 g/mol. The standard InChI is InChI=1S/C21H22N4O2/c1-2-7-20(26)23-18-10-6-11-19(12-18)24-21(27)17-13-22-25(15-17)14-16-8-4-3-5-9-16/h3-6,8-13,15H,2,7,14H2,1H3,(H,23,26)(H,24,27). The van der Waals surface area contributed by atoms with Crippen LogP contribution in [0.25, 0.3) is 0 Å². The highest BCUT2D eigenvalue weighted by Gasteiger charge is 2.10. The van der Waals surface area contributed by atoms with Crippen molar-refractivity contribution in [3.8, 4) is 0 Å². The van der Waals surface area contributed by atoms with Gasteiger partial charge in [-0.25, -0.2) is 0 Å². The van der Waals surface area contributed by atoms with Crippen LogP contribution in [-0.4, -0.2) is 21.6 Å². The van der Waals surface area contributed by atoms with Crippen LogP contribution >= 0.6 is 0 Å². The molecule has 0 saturated heterocycles. The predicted molar refractivity (Wildman–Crippen MR) is 106 cm³/mol. The van der Waals surface area contributed by atoms with Crippen LogP contribution in [-0.2, 0) is 11.3 Å². The van der Waals surface area contributed by atoms with Crippen LogP contribution in [0.1, 0.15) is 35.7 Å². The number of hydrogen-bond donors (Lipinski definition) is 2. The second-order valence-electron chi connectivity index (χ2n) is 6.25. The van der Waals surface area contributed by atoms with Gasteiger partial charge in [-0.1, -0.05) is 43.3 Å². The molecule has 3 aromatic rings. The lowest BCUT2D eigenvalue weighted by atomic mass is 10.2. The molecule has 0 bridgehead atoms. The Morgan fingerprint density at radius 3 is 2.48 bits per heavy atom. The van der Waals surface area contributed by atoms with Gasteiger partial charge in [0, 0.05) is 24.0 Å². The maximum atomic E-state index is 12.5. The summed E-state index contributed by atoms with van der Waals surface area (Å²) >= 11 is 0. The van der Waals surface area contributed by atoms with Crippen LogP contribution < -0.4 is 10.6 Å². The molecule has 3 rings (SSSR count). The predicted octanol–water partition coefficient (Wildman–Crippen LogP) is 3.92. The molecule has 0 radical (unpaired) electrons. The van der Waals surface area contributed by atoms with E-state index in [9.17, 15) is 9.59 Å². The van der Waals surface area contributed by atoms with Crippen molar-refractivity contribution in [3.05, 3.63) is 78.1 Å². The van der Waals surface area contributed by atoms with E-state index in [0.29, 0.717) is 29.9 Å². The highest BCUT2D eigenvalue weighted by Crippen LogP contribution is 2.16. The number of nitrogens with one attached hydrogen (secondary N) is 2. The van der Waals surface area contributed by atoms with E-state index < -0.39 is 0 Å². The highest BCUT2D eigenvalue weighted by molar-refractivity contribution is 6.04. The van der Waals surface area contributed by atoms with E-state index in [-0.39, 0.29) is 11.8 Å². The molecule has 0 saturated carbocycles. The summed E-state index contributed by atoms with van der Waals surface area (Å²) in [6.07, 6.45) is 4.52. The van der Waals surface area contributed by atoms with Gasteiger partial charge >= 0.3 is 0 Å². The number of hydrogen-bond acceptors (Lipinski definition) is 3. The zero-order chi connectivity index (χ0) is 19.1. The molecule has 0 aliphatic rings. The van der Waals surface area contributed by atoms with Crippen LogP contribution in [0.4, 0.5) is 11.4 Å². The fourth-order valence-corrected chi connectivity index (χ4v) is 2.67. The third-order valence-corrected chi connectivity index (χ3v) is 3.96. The lowest BCUT2D eigenvalue weighted by molar-refractivity contribution is -0.116. The summed E-state index contributed by atoms with van der Waals surface area (Å²) in [6.45, 7) is 2.56. The molecule has 2 amide bonds. The zero-order valence-electron chi connectivity index (χ0n) is 15.2. The van der Waals surface area contributed by atoms with E-state index in [4.69, 9.17) is 0 Å². The Morgan fingerprint density at radius 2 is 1.74 bits per heavy atom. The first-order chi connectivity index (χ1) is 13.1. The zero-order valence-corrected chi connectivity index (χ0v) is 15.2. The lowest BCUT2D eigenvalue weighted by Gasteiger charge is -2.08. The molecule has 0 spiro atoms. The summed E-state index contributed by atoms with van der Waals surface area (Å²) in [4.78, 5) is 24.2. The van der Waals surface area contributed by atoms with Crippen molar-refractivity contribution in [2.45, 2.75) is 26.3 Å². The average Bonchev–Trinajstić information content (AvgIpc) is 3.12. The van der Waals surface area contributed by atoms with Gasteiger partial charge in [0.1, 0.15) is 0 Å². The topological polar surface area (TPSA) is 76.0 Å². The van der Waals surface area contributed by atoms with Crippen molar-refractivity contribution in [1.29, 1.82) is 0 Å². The molecule has 2 N–H and O–H groups in total. The van der Waals surface area contributed by atoms with Crippen LogP contribution in [0.15, 0.2) is 67.0 Å². The van der Waals surface area contributed by atoms with Crippen LogP contribution in [0.2, 0.25) is 0 Å². The molecule has 2 aromatic carbocycles. The van der Waals surface area contributed by atoms with Crippen LogP contribution in [0.5, 0.6) is 0 Å². The van der Waals surface area contributed by atoms with E-state index in [2.05, 4.69) is 15.7 Å². The summed E-state index contributed by atoms with van der Waals surface area (Å²) in [5.41, 5.74) is 2.87. The van der Waals surface area contributed by atoms with Crippen molar-refractivity contribution in [3.63, 3.8) is 0 Å². The van der Waals surface area contributed by atoms with E-state index in [1.165, 1.54) is 0 Å². The monoisotopic (exact) mass is 362 g/mol. The third kappa shape index (κ3) is 5.28. The number of aromatic nitrogens is 2. The number of anilines is 2. The molecule has 0 aliphatic carbocycles. The molecular formula is C21H22N4O2. The summed E-state index contributed by atoms with van der Waals surface area (Å²) in [5, 5.41) is 9.91. The Kier molecular flexibility index (Phi) is 5.99. The maximum absolute atomic E-state index is 12.5. The molecule has 0 fully saturated rings. The Morgan fingerprint density at radius 1 is 1.00 bits per heavy atom. The molecule has 1 heterocycles. The lowest BCUT2D eigenvalue weighted by Crippen LogP contribution is -2.13. The van der Waals surface area contributed by atoms with Crippen LogP contribution in [0, 0.1) is 0 Å². The quantitative estimate of drug-likeness (QED) is 0.669. The Balaban J connectivity index is 1.63. The SMILES string of the molecule is CCCC(=O)Nc1cccc(NC(=O)c2cnn(Cc3ccccc3)c2)c1. The first-order valence-electron chi connectivity index (χ1n) is 8.91. The van der Waals surface area contributed by atoms with Crippen molar-refractivity contribution in [2.24, 2.45) is 0 Å². The maximum Gasteiger partial charge on any atom is 0.258 e. The Bertz CT molecular complexity index is 919. The summed E-state index contributed by atoms with van der Waals surface area (Å²) in [6, 6.07) is 17.0. The summed E-state index contributed by atoms with van der Waals surface area (Å²) in [7, 11) is 0. The number of rotatable bonds is 7. The van der Waals surface area contributed by atoms with E-state index in [0.717, 1.165) is 12.0 Å². The summed E-state index contributed by atoms with van der Waals surface area (Å²) < 4.78 is 1.73. The minimum Gasteiger partial charge on any atom is -0.326 e. The normalized spacial score (nSPS) is 10.4. The number of carbonyl (C=O) groups excluding carboxylic acids is 2. The third-order valence-electron chi connectivity index (χ3n) is 3.96. The fraction of sp³-hybridized carbons (Fsp3) is 0.190. The highest BCUT2D eigenvalue weighted by atomic mass is 16.2. The van der Waals surface area contributed by atoms with Gasteiger partial charge in [-0.15, -0.1) is 0 Å². The second kappa shape index (κ2) is 8.80. The van der Waals surface area contributed by atoms with E-state index in [1.54, 1.807) is 41.3 Å². The molecule has 138 valence electrons. The fourth-order valence-electron chi connectivity index (χ4n) is 2.67. The van der Waals surface area contributed by atoms with Crippen molar-refractivity contribution >= 4 is 23.2 Å². The van der Waals surface area contributed by atoms with Gasteiger partial charge in [-0.05, 0) is 30.2 Å². The van der Waals surface area contributed by atoms with E-state index in [1.807, 2.05) is 37.3 Å². The summed E-state index contributed by atoms with van der Waals surface area (Å²) in [5.74, 6) is -0.283. The minimum absolute atomic E-state index is 0.0387. The first-order valence-corrected chi connectivity index (χ1v) is 8.91. The van der Waals surface area contributed by atoms with Gasteiger partial charge in [0.25, 0.3) is 5.91 Å². The number of nitrogens with zero attached hydrogens (tertiary/aromatic N) is 2. The molecule has 1 aromatic heterocycles. The van der Waals surface area contributed by atoms with Crippen molar-refractivity contribution < 1.29 is 9.59 Å². The van der Waals surface area contributed by atoms with Crippen molar-refractivity contribution in [2.75, 3.05) is 10.6 Å². The molecule has 6 nitrogen and oxygen atoms in total. The van der Waals surface area contributed by atoms with Gasteiger partial charge in [0.05, 0.1) is 18.3 Å². The average molecular weight is 362 g/mol. The number of benzene rings is 2. The van der Waals surface area contributed by atoms with Crippen molar-refractivity contribution in [1.82, 2.24) is 9.78 Å². The van der Waals surface area contributed by atoms with Gasteiger partial charge < -0.3 is 10.6 Å². The van der Waals surface area contributed by atoms with Gasteiger partial charge in [-0.3, -0.25) is 14.3 Å². The van der Waals surface area contributed by atoms with Gasteiger partial charge in [-0.2, -0.15) is 5.10 Å².